The molecule has 2 heterocycles. The second kappa shape index (κ2) is 8.48. The van der Waals surface area contributed by atoms with Crippen LogP contribution in [0.15, 0.2) is 99.2 Å². The molecule has 0 saturated heterocycles. The van der Waals surface area contributed by atoms with Crippen molar-refractivity contribution in [2.75, 3.05) is 6.54 Å². The van der Waals surface area contributed by atoms with E-state index < -0.39 is 10.0 Å². The fourth-order valence-corrected chi connectivity index (χ4v) is 4.01. The lowest BCUT2D eigenvalue weighted by Crippen LogP contribution is -2.32. The summed E-state index contributed by atoms with van der Waals surface area (Å²) in [6.07, 6.45) is 1.52. The molecule has 30 heavy (non-hydrogen) atoms. The van der Waals surface area contributed by atoms with Crippen molar-refractivity contribution < 1.29 is 12.8 Å². The van der Waals surface area contributed by atoms with Crippen LogP contribution >= 0.6 is 0 Å². The third-order valence-electron chi connectivity index (χ3n) is 4.53. The van der Waals surface area contributed by atoms with Crippen LogP contribution in [0.2, 0.25) is 0 Å². The standard InChI is InChI=1S/C22H19N3O4S/c26-22-13-12-20(21-7-4-16-29-21)24-25(22)15-14-23-30(27,28)19-10-8-18(9-11-19)17-5-2-1-3-6-17/h1-13,16,23H,14-15H2. The largest absolute Gasteiger partial charge is 0.463 e. The first-order valence-corrected chi connectivity index (χ1v) is 10.8. The van der Waals surface area contributed by atoms with Gasteiger partial charge in [-0.3, -0.25) is 4.79 Å². The van der Waals surface area contributed by atoms with Crippen molar-refractivity contribution in [3.8, 4) is 22.6 Å². The normalized spacial score (nSPS) is 11.5. The number of rotatable bonds is 7. The summed E-state index contributed by atoms with van der Waals surface area (Å²) in [6.45, 7) is 0.117. The maximum Gasteiger partial charge on any atom is 0.266 e. The van der Waals surface area contributed by atoms with Gasteiger partial charge in [-0.05, 0) is 41.5 Å². The predicted octanol–water partition coefficient (Wildman–Crippen LogP) is 3.15. The monoisotopic (exact) mass is 421 g/mol. The number of hydrogen-bond donors (Lipinski definition) is 1. The summed E-state index contributed by atoms with van der Waals surface area (Å²) < 4.78 is 34.2. The summed E-state index contributed by atoms with van der Waals surface area (Å²) in [5.74, 6) is 0.530. The SMILES string of the molecule is O=c1ccc(-c2ccco2)nn1CCNS(=O)(=O)c1ccc(-c2ccccc2)cc1. The van der Waals surface area contributed by atoms with Gasteiger partial charge in [0.05, 0.1) is 17.7 Å². The Bertz CT molecular complexity index is 1280. The number of benzene rings is 2. The van der Waals surface area contributed by atoms with E-state index in [9.17, 15) is 13.2 Å². The van der Waals surface area contributed by atoms with Gasteiger partial charge in [-0.15, -0.1) is 0 Å². The molecule has 0 spiro atoms. The zero-order valence-corrected chi connectivity index (χ0v) is 16.7. The molecule has 2 aromatic carbocycles. The van der Waals surface area contributed by atoms with Crippen molar-refractivity contribution >= 4 is 10.0 Å². The average molecular weight is 421 g/mol. The minimum Gasteiger partial charge on any atom is -0.463 e. The van der Waals surface area contributed by atoms with Crippen molar-refractivity contribution in [2.45, 2.75) is 11.4 Å². The van der Waals surface area contributed by atoms with E-state index in [4.69, 9.17) is 4.42 Å². The van der Waals surface area contributed by atoms with E-state index in [0.717, 1.165) is 11.1 Å². The quantitative estimate of drug-likeness (QED) is 0.495. The first kappa shape index (κ1) is 19.8. The van der Waals surface area contributed by atoms with Gasteiger partial charge in [0.25, 0.3) is 5.56 Å². The van der Waals surface area contributed by atoms with E-state index in [2.05, 4.69) is 9.82 Å². The molecule has 0 bridgehead atoms. The molecular formula is C22H19N3O4S. The van der Waals surface area contributed by atoms with Gasteiger partial charge in [0.15, 0.2) is 5.76 Å². The van der Waals surface area contributed by atoms with Crippen molar-refractivity contribution in [1.82, 2.24) is 14.5 Å². The Balaban J connectivity index is 1.44. The topological polar surface area (TPSA) is 94.2 Å². The molecule has 0 amide bonds. The summed E-state index contributed by atoms with van der Waals surface area (Å²) >= 11 is 0. The average Bonchev–Trinajstić information content (AvgIpc) is 3.31. The second-order valence-electron chi connectivity index (χ2n) is 6.55. The number of nitrogens with zero attached hydrogens (tertiary/aromatic N) is 2. The molecule has 1 N–H and O–H groups in total. The van der Waals surface area contributed by atoms with Crippen LogP contribution in [-0.4, -0.2) is 24.7 Å². The molecule has 7 nitrogen and oxygen atoms in total. The number of nitrogens with one attached hydrogen (secondary N) is 1. The van der Waals surface area contributed by atoms with Crippen LogP contribution in [0.25, 0.3) is 22.6 Å². The Morgan fingerprint density at radius 1 is 0.867 bits per heavy atom. The molecule has 0 saturated carbocycles. The summed E-state index contributed by atoms with van der Waals surface area (Å²) in [4.78, 5) is 12.2. The highest BCUT2D eigenvalue weighted by Crippen LogP contribution is 2.21. The van der Waals surface area contributed by atoms with E-state index in [1.165, 1.54) is 17.0 Å². The highest BCUT2D eigenvalue weighted by molar-refractivity contribution is 7.89. The first-order valence-electron chi connectivity index (χ1n) is 9.30. The molecule has 0 unspecified atom stereocenters. The minimum atomic E-state index is -3.71. The lowest BCUT2D eigenvalue weighted by atomic mass is 10.1. The van der Waals surface area contributed by atoms with Gasteiger partial charge in [0.2, 0.25) is 10.0 Å². The van der Waals surface area contributed by atoms with Crippen LogP contribution in [0.1, 0.15) is 0 Å². The molecular weight excluding hydrogens is 402 g/mol. The zero-order valence-electron chi connectivity index (χ0n) is 15.9. The van der Waals surface area contributed by atoms with E-state index in [1.807, 2.05) is 30.3 Å². The van der Waals surface area contributed by atoms with Gasteiger partial charge in [-0.2, -0.15) is 5.10 Å². The summed E-state index contributed by atoms with van der Waals surface area (Å²) in [6, 6.07) is 22.8. The molecule has 0 atom stereocenters. The first-order chi connectivity index (χ1) is 14.5. The predicted molar refractivity (Wildman–Crippen MR) is 113 cm³/mol. The molecule has 0 aliphatic heterocycles. The lowest BCUT2D eigenvalue weighted by Gasteiger charge is -2.09. The van der Waals surface area contributed by atoms with E-state index in [-0.39, 0.29) is 23.5 Å². The van der Waals surface area contributed by atoms with Crippen molar-refractivity contribution in [2.24, 2.45) is 0 Å². The van der Waals surface area contributed by atoms with Gasteiger partial charge in [0.1, 0.15) is 5.69 Å². The summed E-state index contributed by atoms with van der Waals surface area (Å²) in [5.41, 5.74) is 2.12. The van der Waals surface area contributed by atoms with Crippen molar-refractivity contribution in [3.63, 3.8) is 0 Å². The molecule has 2 aromatic heterocycles. The van der Waals surface area contributed by atoms with Gasteiger partial charge in [0, 0.05) is 12.6 Å². The van der Waals surface area contributed by atoms with Crippen molar-refractivity contribution in [1.29, 1.82) is 0 Å². The molecule has 152 valence electrons. The Labute approximate surface area is 173 Å². The fourth-order valence-electron chi connectivity index (χ4n) is 2.99. The van der Waals surface area contributed by atoms with Crippen LogP contribution in [0.5, 0.6) is 0 Å². The van der Waals surface area contributed by atoms with Crippen LogP contribution in [0, 0.1) is 0 Å². The smallest absolute Gasteiger partial charge is 0.266 e. The Hall–Kier alpha value is -3.49. The number of sulfonamides is 1. The third-order valence-corrected chi connectivity index (χ3v) is 6.00. The van der Waals surface area contributed by atoms with Gasteiger partial charge in [-0.1, -0.05) is 42.5 Å². The van der Waals surface area contributed by atoms with E-state index >= 15 is 0 Å². The molecule has 4 aromatic rings. The number of furan rings is 1. The molecule has 0 aliphatic rings. The summed E-state index contributed by atoms with van der Waals surface area (Å²) in [5, 5.41) is 4.23. The molecule has 0 aliphatic carbocycles. The highest BCUT2D eigenvalue weighted by Gasteiger charge is 2.14. The van der Waals surface area contributed by atoms with Gasteiger partial charge in [-0.25, -0.2) is 17.8 Å². The lowest BCUT2D eigenvalue weighted by molar-refractivity contribution is 0.539. The fraction of sp³-hybridized carbons (Fsp3) is 0.0909. The Morgan fingerprint density at radius 2 is 1.60 bits per heavy atom. The van der Waals surface area contributed by atoms with Gasteiger partial charge >= 0.3 is 0 Å². The van der Waals surface area contributed by atoms with Gasteiger partial charge < -0.3 is 4.42 Å². The maximum atomic E-state index is 12.6. The number of hydrogen-bond acceptors (Lipinski definition) is 5. The van der Waals surface area contributed by atoms with E-state index in [1.54, 1.807) is 42.5 Å². The Kier molecular flexibility index (Phi) is 5.60. The Morgan fingerprint density at radius 3 is 2.30 bits per heavy atom. The third kappa shape index (κ3) is 4.40. The van der Waals surface area contributed by atoms with Crippen LogP contribution in [-0.2, 0) is 16.6 Å². The maximum absolute atomic E-state index is 12.6. The van der Waals surface area contributed by atoms with Crippen molar-refractivity contribution in [3.05, 3.63) is 95.5 Å². The second-order valence-corrected chi connectivity index (χ2v) is 8.31. The number of aromatic nitrogens is 2. The minimum absolute atomic E-state index is 0.0251. The van der Waals surface area contributed by atoms with Crippen LogP contribution in [0.4, 0.5) is 0 Å². The van der Waals surface area contributed by atoms with Crippen LogP contribution < -0.4 is 10.3 Å². The molecule has 8 heteroatoms. The van der Waals surface area contributed by atoms with E-state index in [0.29, 0.717) is 11.5 Å². The zero-order chi connectivity index (χ0) is 21.0. The molecule has 0 fully saturated rings. The summed E-state index contributed by atoms with van der Waals surface area (Å²) in [7, 11) is -3.71. The molecule has 4 rings (SSSR count). The molecule has 0 radical (unpaired) electrons. The highest BCUT2D eigenvalue weighted by atomic mass is 32.2. The van der Waals surface area contributed by atoms with Crippen LogP contribution in [0.3, 0.4) is 0 Å².